The average molecular weight is 384 g/mol. The molecular formula is C19H14ClN3O4. The second-order valence-corrected chi connectivity index (χ2v) is 6.15. The Hall–Kier alpha value is -3.45. The van der Waals surface area contributed by atoms with Crippen molar-refractivity contribution in [1.82, 2.24) is 9.55 Å². The van der Waals surface area contributed by atoms with Crippen LogP contribution in [0.3, 0.4) is 0 Å². The fourth-order valence-corrected chi connectivity index (χ4v) is 2.57. The predicted octanol–water partition coefficient (Wildman–Crippen LogP) is 2.63. The zero-order valence-electron chi connectivity index (χ0n) is 14.2. The van der Waals surface area contributed by atoms with Crippen LogP contribution in [0, 0.1) is 0 Å². The number of rotatable bonds is 4. The maximum Gasteiger partial charge on any atom is 0.333 e. The highest BCUT2D eigenvalue weighted by Gasteiger charge is 2.16. The van der Waals surface area contributed by atoms with Gasteiger partial charge in [0.05, 0.1) is 5.69 Å². The molecule has 8 heteroatoms. The van der Waals surface area contributed by atoms with Gasteiger partial charge in [-0.25, -0.2) is 9.36 Å². The number of carbonyl (C=O) groups excluding carboxylic acids is 2. The molecule has 0 spiro atoms. The van der Waals surface area contributed by atoms with Crippen molar-refractivity contribution in [3.63, 3.8) is 0 Å². The number of hydrogen-bond acceptors (Lipinski definition) is 4. The molecule has 0 bridgehead atoms. The summed E-state index contributed by atoms with van der Waals surface area (Å²) in [6, 6.07) is 12.3. The highest BCUT2D eigenvalue weighted by Crippen LogP contribution is 2.12. The minimum Gasteiger partial charge on any atom is -0.322 e. The number of benzene rings is 2. The summed E-state index contributed by atoms with van der Waals surface area (Å²) in [5, 5.41) is 3.02. The molecule has 2 N–H and O–H groups in total. The predicted molar refractivity (Wildman–Crippen MR) is 102 cm³/mol. The normalized spacial score (nSPS) is 10.4. The van der Waals surface area contributed by atoms with E-state index in [0.29, 0.717) is 16.3 Å². The van der Waals surface area contributed by atoms with E-state index >= 15 is 0 Å². The number of nitrogens with zero attached hydrogens (tertiary/aromatic N) is 1. The van der Waals surface area contributed by atoms with Crippen molar-refractivity contribution < 1.29 is 9.59 Å². The Morgan fingerprint density at radius 1 is 1.00 bits per heavy atom. The molecule has 0 aliphatic heterocycles. The zero-order valence-corrected chi connectivity index (χ0v) is 14.9. The number of nitrogens with one attached hydrogen (secondary N) is 2. The fraction of sp³-hybridized carbons (Fsp3) is 0.0526. The Kier molecular flexibility index (Phi) is 5.05. The quantitative estimate of drug-likeness (QED) is 0.676. The van der Waals surface area contributed by atoms with Gasteiger partial charge in [-0.2, -0.15) is 0 Å². The van der Waals surface area contributed by atoms with E-state index in [-0.39, 0.29) is 17.0 Å². The topological polar surface area (TPSA) is 101 Å². The van der Waals surface area contributed by atoms with Gasteiger partial charge in [-0.15, -0.1) is 0 Å². The van der Waals surface area contributed by atoms with Crippen molar-refractivity contribution in [2.45, 2.75) is 6.92 Å². The van der Waals surface area contributed by atoms with Crippen LogP contribution in [0.2, 0.25) is 5.02 Å². The Morgan fingerprint density at radius 2 is 1.63 bits per heavy atom. The Labute approximate surface area is 158 Å². The molecule has 0 unspecified atom stereocenters. The molecule has 2 aromatic carbocycles. The van der Waals surface area contributed by atoms with Gasteiger partial charge in [-0.1, -0.05) is 11.6 Å². The third kappa shape index (κ3) is 3.88. The number of Topliss-reactive ketones (excluding diaryl/α,β-unsaturated/α-hetero) is 1. The van der Waals surface area contributed by atoms with Gasteiger partial charge in [0.1, 0.15) is 5.56 Å². The van der Waals surface area contributed by atoms with E-state index in [1.54, 1.807) is 24.3 Å². The van der Waals surface area contributed by atoms with Crippen LogP contribution < -0.4 is 16.6 Å². The number of hydrogen-bond donors (Lipinski definition) is 2. The molecule has 136 valence electrons. The number of H-pyrrole nitrogens is 1. The number of anilines is 1. The lowest BCUT2D eigenvalue weighted by Gasteiger charge is -2.08. The summed E-state index contributed by atoms with van der Waals surface area (Å²) in [6.45, 7) is 1.44. The highest BCUT2D eigenvalue weighted by atomic mass is 35.5. The van der Waals surface area contributed by atoms with Crippen molar-refractivity contribution in [3.05, 3.63) is 91.7 Å². The molecule has 0 saturated heterocycles. The lowest BCUT2D eigenvalue weighted by atomic mass is 10.1. The number of halogens is 1. The summed E-state index contributed by atoms with van der Waals surface area (Å²) in [4.78, 5) is 50.9. The minimum absolute atomic E-state index is 0.0978. The second kappa shape index (κ2) is 7.43. The Morgan fingerprint density at radius 3 is 2.22 bits per heavy atom. The van der Waals surface area contributed by atoms with Crippen molar-refractivity contribution in [1.29, 1.82) is 0 Å². The fourth-order valence-electron chi connectivity index (χ4n) is 2.45. The van der Waals surface area contributed by atoms with E-state index in [0.717, 1.165) is 10.8 Å². The van der Waals surface area contributed by atoms with Crippen LogP contribution in [0.5, 0.6) is 0 Å². The third-order valence-corrected chi connectivity index (χ3v) is 4.11. The van der Waals surface area contributed by atoms with Crippen molar-refractivity contribution in [2.24, 2.45) is 0 Å². The molecule has 0 radical (unpaired) electrons. The summed E-state index contributed by atoms with van der Waals surface area (Å²) in [5.74, 6) is -0.783. The molecule has 3 rings (SSSR count). The maximum atomic E-state index is 12.7. The first kappa shape index (κ1) is 18.3. The smallest absolute Gasteiger partial charge is 0.322 e. The Bertz CT molecular complexity index is 1130. The number of amides is 1. The molecule has 7 nitrogen and oxygen atoms in total. The van der Waals surface area contributed by atoms with Gasteiger partial charge < -0.3 is 10.3 Å². The first-order valence-electron chi connectivity index (χ1n) is 7.90. The van der Waals surface area contributed by atoms with Gasteiger partial charge in [0.25, 0.3) is 11.5 Å². The van der Waals surface area contributed by atoms with Gasteiger partial charge >= 0.3 is 5.69 Å². The molecule has 3 aromatic rings. The SMILES string of the molecule is CC(=O)c1ccc(NC(=O)c2c[nH]c(=O)n(-c3ccc(Cl)cc3)c2=O)cc1. The molecule has 1 amide bonds. The van der Waals surface area contributed by atoms with Crippen LogP contribution in [0.15, 0.2) is 64.3 Å². The lowest BCUT2D eigenvalue weighted by Crippen LogP contribution is -2.38. The summed E-state index contributed by atoms with van der Waals surface area (Å²) < 4.78 is 0.851. The molecule has 1 heterocycles. The van der Waals surface area contributed by atoms with Crippen LogP contribution in [-0.4, -0.2) is 21.2 Å². The number of carbonyl (C=O) groups is 2. The van der Waals surface area contributed by atoms with E-state index in [2.05, 4.69) is 10.3 Å². The van der Waals surface area contributed by atoms with Gasteiger partial charge in [0, 0.05) is 22.5 Å². The van der Waals surface area contributed by atoms with Crippen LogP contribution in [0.25, 0.3) is 5.69 Å². The van der Waals surface area contributed by atoms with Gasteiger partial charge in [0.2, 0.25) is 0 Å². The first-order chi connectivity index (χ1) is 12.9. The molecule has 0 aliphatic carbocycles. The number of aromatic amines is 1. The summed E-state index contributed by atoms with van der Waals surface area (Å²) in [5.41, 5.74) is -0.481. The van der Waals surface area contributed by atoms with E-state index in [4.69, 9.17) is 11.6 Å². The Balaban J connectivity index is 1.95. The van der Waals surface area contributed by atoms with Crippen LogP contribution in [-0.2, 0) is 0 Å². The van der Waals surface area contributed by atoms with E-state index < -0.39 is 17.2 Å². The van der Waals surface area contributed by atoms with Crippen molar-refractivity contribution in [2.75, 3.05) is 5.32 Å². The van der Waals surface area contributed by atoms with Gasteiger partial charge in [0.15, 0.2) is 5.78 Å². The largest absolute Gasteiger partial charge is 0.333 e. The molecule has 0 atom stereocenters. The lowest BCUT2D eigenvalue weighted by molar-refractivity contribution is 0.101. The average Bonchev–Trinajstić information content (AvgIpc) is 2.63. The molecular weight excluding hydrogens is 370 g/mol. The standard InChI is InChI=1S/C19H14ClN3O4/c1-11(24)12-2-6-14(7-3-12)22-17(25)16-10-21-19(27)23(18(16)26)15-8-4-13(20)5-9-15/h2-10H,1H3,(H,21,27)(H,22,25). The second-order valence-electron chi connectivity index (χ2n) is 5.71. The summed E-state index contributed by atoms with van der Waals surface area (Å²) >= 11 is 5.82. The third-order valence-electron chi connectivity index (χ3n) is 3.86. The number of ketones is 1. The first-order valence-corrected chi connectivity index (χ1v) is 8.27. The number of aromatic nitrogens is 2. The molecule has 0 fully saturated rings. The van der Waals surface area contributed by atoms with Crippen LogP contribution >= 0.6 is 11.6 Å². The summed E-state index contributed by atoms with van der Waals surface area (Å²) in [6.07, 6.45) is 1.07. The maximum absolute atomic E-state index is 12.7. The van der Waals surface area contributed by atoms with Crippen molar-refractivity contribution >= 4 is 29.0 Å². The monoisotopic (exact) mass is 383 g/mol. The summed E-state index contributed by atoms with van der Waals surface area (Å²) in [7, 11) is 0. The van der Waals surface area contributed by atoms with Crippen LogP contribution in [0.1, 0.15) is 27.6 Å². The van der Waals surface area contributed by atoms with E-state index in [1.807, 2.05) is 0 Å². The molecule has 0 saturated carbocycles. The van der Waals surface area contributed by atoms with E-state index in [9.17, 15) is 19.2 Å². The van der Waals surface area contributed by atoms with Gasteiger partial charge in [-0.3, -0.25) is 14.4 Å². The van der Waals surface area contributed by atoms with Crippen LogP contribution in [0.4, 0.5) is 5.69 Å². The molecule has 1 aromatic heterocycles. The molecule has 27 heavy (non-hydrogen) atoms. The minimum atomic E-state index is -0.765. The van der Waals surface area contributed by atoms with Gasteiger partial charge in [-0.05, 0) is 55.5 Å². The highest BCUT2D eigenvalue weighted by molar-refractivity contribution is 6.30. The zero-order chi connectivity index (χ0) is 19.6. The molecule has 0 aliphatic rings. The van der Waals surface area contributed by atoms with Crippen molar-refractivity contribution in [3.8, 4) is 5.69 Å². The van der Waals surface area contributed by atoms with E-state index in [1.165, 1.54) is 31.2 Å².